The van der Waals surface area contributed by atoms with Crippen LogP contribution >= 0.6 is 0 Å². The van der Waals surface area contributed by atoms with Crippen LogP contribution in [-0.4, -0.2) is 4.98 Å². The highest BCUT2D eigenvalue weighted by molar-refractivity contribution is 5.61. The zero-order valence-corrected chi connectivity index (χ0v) is 12.3. The van der Waals surface area contributed by atoms with Crippen molar-refractivity contribution in [2.24, 2.45) is 5.73 Å². The summed E-state index contributed by atoms with van der Waals surface area (Å²) in [5, 5.41) is 0. The third-order valence-corrected chi connectivity index (χ3v) is 3.44. The van der Waals surface area contributed by atoms with Crippen molar-refractivity contribution in [3.63, 3.8) is 0 Å². The third-order valence-electron chi connectivity index (χ3n) is 3.44. The quantitative estimate of drug-likeness (QED) is 0.777. The predicted molar refractivity (Wildman–Crippen MR) is 88.3 cm³/mol. The topological polar surface area (TPSA) is 48.1 Å². The van der Waals surface area contributed by atoms with Gasteiger partial charge in [-0.05, 0) is 35.4 Å². The van der Waals surface area contributed by atoms with E-state index in [-0.39, 0.29) is 0 Å². The Kier molecular flexibility index (Phi) is 4.47. The molecule has 0 aliphatic carbocycles. The van der Waals surface area contributed by atoms with Gasteiger partial charge in [0.05, 0.1) is 5.69 Å². The molecule has 2 aromatic carbocycles. The van der Waals surface area contributed by atoms with Crippen LogP contribution in [0.4, 0.5) is 0 Å². The Balaban J connectivity index is 1.77. The number of nitrogens with zero attached hydrogens (tertiary/aromatic N) is 1. The fourth-order valence-corrected chi connectivity index (χ4v) is 2.25. The summed E-state index contributed by atoms with van der Waals surface area (Å²) in [6.45, 7) is 1.07. The molecule has 110 valence electrons. The molecular formula is C19H18N2O. The average Bonchev–Trinajstić information content (AvgIpc) is 2.61. The second kappa shape index (κ2) is 6.87. The molecule has 0 spiro atoms. The molecule has 2 N–H and O–H groups in total. The van der Waals surface area contributed by atoms with Gasteiger partial charge in [-0.1, -0.05) is 42.5 Å². The molecule has 0 fully saturated rings. The maximum Gasteiger partial charge on any atom is 0.120 e. The van der Waals surface area contributed by atoms with Gasteiger partial charge in [-0.25, -0.2) is 0 Å². The van der Waals surface area contributed by atoms with E-state index in [2.05, 4.69) is 17.1 Å². The van der Waals surface area contributed by atoms with E-state index in [0.717, 1.165) is 28.1 Å². The summed E-state index contributed by atoms with van der Waals surface area (Å²) in [7, 11) is 0. The fourth-order valence-electron chi connectivity index (χ4n) is 2.25. The van der Waals surface area contributed by atoms with E-state index in [0.29, 0.717) is 13.2 Å². The molecule has 3 aromatic rings. The van der Waals surface area contributed by atoms with Crippen LogP contribution in [0.15, 0.2) is 72.9 Å². The Morgan fingerprint density at radius 3 is 2.55 bits per heavy atom. The molecule has 3 rings (SSSR count). The minimum Gasteiger partial charge on any atom is -0.489 e. The lowest BCUT2D eigenvalue weighted by atomic mass is 10.1. The molecular weight excluding hydrogens is 272 g/mol. The number of ether oxygens (including phenoxy) is 1. The maximum absolute atomic E-state index is 5.86. The highest BCUT2D eigenvalue weighted by Crippen LogP contribution is 2.23. The molecule has 0 aliphatic rings. The summed E-state index contributed by atoms with van der Waals surface area (Å²) < 4.78 is 5.86. The maximum atomic E-state index is 5.86. The summed E-state index contributed by atoms with van der Waals surface area (Å²) in [5.74, 6) is 0.835. The monoisotopic (exact) mass is 290 g/mol. The standard InChI is InChI=1S/C19H18N2O/c20-13-16-9-10-21-19(11-16)17-7-4-8-18(12-17)22-14-15-5-2-1-3-6-15/h1-12H,13-14,20H2. The number of hydrogen-bond donors (Lipinski definition) is 1. The molecule has 3 nitrogen and oxygen atoms in total. The summed E-state index contributed by atoms with van der Waals surface area (Å²) in [6.07, 6.45) is 1.79. The Hall–Kier alpha value is -2.65. The Labute approximate surface area is 130 Å². The van der Waals surface area contributed by atoms with E-state index in [4.69, 9.17) is 10.5 Å². The van der Waals surface area contributed by atoms with Gasteiger partial charge < -0.3 is 10.5 Å². The van der Waals surface area contributed by atoms with Crippen molar-refractivity contribution in [1.29, 1.82) is 0 Å². The molecule has 0 bridgehead atoms. The molecule has 1 aromatic heterocycles. The van der Waals surface area contributed by atoms with Crippen molar-refractivity contribution in [3.05, 3.63) is 84.1 Å². The van der Waals surface area contributed by atoms with Gasteiger partial charge in [-0.3, -0.25) is 4.98 Å². The van der Waals surface area contributed by atoms with Crippen molar-refractivity contribution in [3.8, 4) is 17.0 Å². The highest BCUT2D eigenvalue weighted by atomic mass is 16.5. The Morgan fingerprint density at radius 1 is 0.864 bits per heavy atom. The van der Waals surface area contributed by atoms with Gasteiger partial charge in [0.1, 0.15) is 12.4 Å². The Morgan fingerprint density at radius 2 is 1.73 bits per heavy atom. The molecule has 0 saturated heterocycles. The second-order valence-electron chi connectivity index (χ2n) is 5.06. The summed E-state index contributed by atoms with van der Waals surface area (Å²) in [4.78, 5) is 4.41. The predicted octanol–water partition coefficient (Wildman–Crippen LogP) is 3.79. The van der Waals surface area contributed by atoms with Crippen LogP contribution in [0.1, 0.15) is 11.1 Å². The Bertz CT molecular complexity index is 741. The summed E-state index contributed by atoms with van der Waals surface area (Å²) in [6, 6.07) is 22.0. The fraction of sp³-hybridized carbons (Fsp3) is 0.105. The normalized spacial score (nSPS) is 10.4. The van der Waals surface area contributed by atoms with E-state index < -0.39 is 0 Å². The van der Waals surface area contributed by atoms with Crippen molar-refractivity contribution in [1.82, 2.24) is 4.98 Å². The van der Waals surface area contributed by atoms with Gasteiger partial charge in [0.2, 0.25) is 0 Å². The van der Waals surface area contributed by atoms with Crippen LogP contribution in [0, 0.1) is 0 Å². The van der Waals surface area contributed by atoms with Crippen LogP contribution in [-0.2, 0) is 13.2 Å². The van der Waals surface area contributed by atoms with E-state index >= 15 is 0 Å². The van der Waals surface area contributed by atoms with E-state index in [1.54, 1.807) is 6.20 Å². The molecule has 0 atom stereocenters. The highest BCUT2D eigenvalue weighted by Gasteiger charge is 2.03. The third kappa shape index (κ3) is 3.51. The van der Waals surface area contributed by atoms with Crippen LogP contribution in [0.5, 0.6) is 5.75 Å². The van der Waals surface area contributed by atoms with Crippen LogP contribution < -0.4 is 10.5 Å². The number of aromatic nitrogens is 1. The lowest BCUT2D eigenvalue weighted by molar-refractivity contribution is 0.306. The SMILES string of the molecule is NCc1ccnc(-c2cccc(OCc3ccccc3)c2)c1. The first kappa shape index (κ1) is 14.3. The second-order valence-corrected chi connectivity index (χ2v) is 5.06. The molecule has 22 heavy (non-hydrogen) atoms. The number of benzene rings is 2. The number of pyridine rings is 1. The first-order valence-corrected chi connectivity index (χ1v) is 7.27. The molecule has 1 heterocycles. The van der Waals surface area contributed by atoms with Crippen molar-refractivity contribution in [2.45, 2.75) is 13.2 Å². The van der Waals surface area contributed by atoms with Gasteiger partial charge in [0.25, 0.3) is 0 Å². The van der Waals surface area contributed by atoms with Crippen LogP contribution in [0.25, 0.3) is 11.3 Å². The minimum atomic E-state index is 0.514. The van der Waals surface area contributed by atoms with Gasteiger partial charge in [0, 0.05) is 18.3 Å². The largest absolute Gasteiger partial charge is 0.489 e. The smallest absolute Gasteiger partial charge is 0.120 e. The van der Waals surface area contributed by atoms with Crippen molar-refractivity contribution >= 4 is 0 Å². The molecule has 3 heteroatoms. The summed E-state index contributed by atoms with van der Waals surface area (Å²) in [5.41, 5.74) is 9.84. The molecule has 0 amide bonds. The van der Waals surface area contributed by atoms with Gasteiger partial charge in [0.15, 0.2) is 0 Å². The zero-order valence-electron chi connectivity index (χ0n) is 12.3. The van der Waals surface area contributed by atoms with E-state index in [1.807, 2.05) is 54.6 Å². The van der Waals surface area contributed by atoms with Crippen molar-refractivity contribution in [2.75, 3.05) is 0 Å². The average molecular weight is 290 g/mol. The van der Waals surface area contributed by atoms with Gasteiger partial charge in [-0.15, -0.1) is 0 Å². The molecule has 0 unspecified atom stereocenters. The lowest BCUT2D eigenvalue weighted by Gasteiger charge is -2.08. The minimum absolute atomic E-state index is 0.514. The molecule has 0 saturated carbocycles. The lowest BCUT2D eigenvalue weighted by Crippen LogP contribution is -1.97. The number of nitrogens with two attached hydrogens (primary N) is 1. The van der Waals surface area contributed by atoms with Crippen LogP contribution in [0.2, 0.25) is 0 Å². The van der Waals surface area contributed by atoms with E-state index in [1.165, 1.54) is 0 Å². The number of rotatable bonds is 5. The zero-order chi connectivity index (χ0) is 15.2. The first-order chi connectivity index (χ1) is 10.8. The summed E-state index contributed by atoms with van der Waals surface area (Å²) >= 11 is 0. The van der Waals surface area contributed by atoms with Gasteiger partial charge in [-0.2, -0.15) is 0 Å². The van der Waals surface area contributed by atoms with E-state index in [9.17, 15) is 0 Å². The van der Waals surface area contributed by atoms with Gasteiger partial charge >= 0.3 is 0 Å². The number of hydrogen-bond acceptors (Lipinski definition) is 3. The molecule has 0 radical (unpaired) electrons. The molecule has 0 aliphatic heterocycles. The van der Waals surface area contributed by atoms with Crippen molar-refractivity contribution < 1.29 is 4.74 Å². The van der Waals surface area contributed by atoms with Crippen LogP contribution in [0.3, 0.4) is 0 Å². The first-order valence-electron chi connectivity index (χ1n) is 7.27.